The number of nitrogens with one attached hydrogen (secondary N) is 1. The lowest BCUT2D eigenvalue weighted by molar-refractivity contribution is 0.324. The number of imidazole rings is 1. The summed E-state index contributed by atoms with van der Waals surface area (Å²) in [4.78, 5) is 4.27. The molecule has 3 rings (SSSR count). The van der Waals surface area contributed by atoms with E-state index in [-0.39, 0.29) is 11.2 Å². The number of hydrogen-bond acceptors (Lipinski definition) is 2. The second-order valence-electron chi connectivity index (χ2n) is 5.56. The van der Waals surface area contributed by atoms with Crippen molar-refractivity contribution in [2.24, 2.45) is 0 Å². The first-order chi connectivity index (χ1) is 9.60. The highest BCUT2D eigenvalue weighted by atomic mass is 35.5. The Hall–Kier alpha value is -1.39. The van der Waals surface area contributed by atoms with Gasteiger partial charge in [0.1, 0.15) is 5.82 Å². The molecule has 3 nitrogen and oxygen atoms in total. The molecule has 0 amide bonds. The van der Waals surface area contributed by atoms with Crippen molar-refractivity contribution in [3.05, 3.63) is 47.3 Å². The molecule has 0 spiro atoms. The SMILES string of the molecule is CC1(c2cncn2-c2ccc(F)cc2Cl)CCNCC1. The molecule has 0 atom stereocenters. The van der Waals surface area contributed by atoms with Gasteiger partial charge in [0.15, 0.2) is 0 Å². The third-order valence-corrected chi connectivity index (χ3v) is 4.44. The Morgan fingerprint density at radius 3 is 2.80 bits per heavy atom. The summed E-state index contributed by atoms with van der Waals surface area (Å²) in [6, 6.07) is 4.47. The molecule has 1 aromatic heterocycles. The Balaban J connectivity index is 2.05. The van der Waals surface area contributed by atoms with Crippen LogP contribution in [-0.2, 0) is 5.41 Å². The average molecular weight is 294 g/mol. The predicted octanol–water partition coefficient (Wildman–Crippen LogP) is 3.31. The number of piperidine rings is 1. The van der Waals surface area contributed by atoms with Gasteiger partial charge in [0, 0.05) is 17.3 Å². The first kappa shape index (κ1) is 13.6. The van der Waals surface area contributed by atoms with Crippen LogP contribution in [0.15, 0.2) is 30.7 Å². The summed E-state index contributed by atoms with van der Waals surface area (Å²) in [5.74, 6) is -0.325. The fourth-order valence-electron chi connectivity index (χ4n) is 2.84. The molecule has 1 saturated heterocycles. The first-order valence-corrected chi connectivity index (χ1v) is 7.17. The maximum absolute atomic E-state index is 13.2. The topological polar surface area (TPSA) is 29.9 Å². The third kappa shape index (κ3) is 2.34. The van der Waals surface area contributed by atoms with E-state index in [9.17, 15) is 4.39 Å². The lowest BCUT2D eigenvalue weighted by Crippen LogP contribution is -2.38. The fourth-order valence-corrected chi connectivity index (χ4v) is 3.10. The van der Waals surface area contributed by atoms with Gasteiger partial charge in [0.05, 0.1) is 17.0 Å². The minimum atomic E-state index is -0.325. The molecule has 0 unspecified atom stereocenters. The second-order valence-corrected chi connectivity index (χ2v) is 5.96. The van der Waals surface area contributed by atoms with Crippen molar-refractivity contribution in [1.82, 2.24) is 14.9 Å². The van der Waals surface area contributed by atoms with Gasteiger partial charge >= 0.3 is 0 Å². The van der Waals surface area contributed by atoms with Crippen molar-refractivity contribution in [2.45, 2.75) is 25.2 Å². The van der Waals surface area contributed by atoms with Crippen LogP contribution in [0.1, 0.15) is 25.5 Å². The van der Waals surface area contributed by atoms with Crippen LogP contribution in [0.2, 0.25) is 5.02 Å². The van der Waals surface area contributed by atoms with Crippen LogP contribution in [0.3, 0.4) is 0 Å². The van der Waals surface area contributed by atoms with Gasteiger partial charge in [0.2, 0.25) is 0 Å². The summed E-state index contributed by atoms with van der Waals surface area (Å²) >= 11 is 6.18. The van der Waals surface area contributed by atoms with Crippen LogP contribution in [0.25, 0.3) is 5.69 Å². The Bertz CT molecular complexity index is 617. The van der Waals surface area contributed by atoms with Crippen molar-refractivity contribution in [3.8, 4) is 5.69 Å². The molecule has 2 aromatic rings. The van der Waals surface area contributed by atoms with Gasteiger partial charge in [-0.3, -0.25) is 0 Å². The van der Waals surface area contributed by atoms with E-state index in [1.165, 1.54) is 12.1 Å². The van der Waals surface area contributed by atoms with Crippen molar-refractivity contribution in [3.63, 3.8) is 0 Å². The molecule has 0 aliphatic carbocycles. The van der Waals surface area contributed by atoms with Crippen LogP contribution < -0.4 is 5.32 Å². The first-order valence-electron chi connectivity index (χ1n) is 6.79. The Morgan fingerprint density at radius 2 is 2.10 bits per heavy atom. The van der Waals surface area contributed by atoms with Gasteiger partial charge in [-0.2, -0.15) is 0 Å². The summed E-state index contributed by atoms with van der Waals surface area (Å²) < 4.78 is 15.2. The van der Waals surface area contributed by atoms with Gasteiger partial charge in [-0.15, -0.1) is 0 Å². The number of aromatic nitrogens is 2. The minimum Gasteiger partial charge on any atom is -0.317 e. The van der Waals surface area contributed by atoms with Crippen LogP contribution in [0, 0.1) is 5.82 Å². The van der Waals surface area contributed by atoms with Crippen LogP contribution in [0.5, 0.6) is 0 Å². The zero-order valence-corrected chi connectivity index (χ0v) is 12.1. The van der Waals surface area contributed by atoms with E-state index in [1.807, 2.05) is 10.8 Å². The lowest BCUT2D eigenvalue weighted by Gasteiger charge is -2.34. The summed E-state index contributed by atoms with van der Waals surface area (Å²) in [7, 11) is 0. The van der Waals surface area contributed by atoms with Crippen molar-refractivity contribution in [1.29, 1.82) is 0 Å². The summed E-state index contributed by atoms with van der Waals surface area (Å²) in [6.45, 7) is 4.25. The fraction of sp³-hybridized carbons (Fsp3) is 0.400. The molecule has 0 bridgehead atoms. The van der Waals surface area contributed by atoms with Crippen LogP contribution in [0.4, 0.5) is 4.39 Å². The van der Waals surface area contributed by atoms with Gasteiger partial charge in [-0.25, -0.2) is 9.37 Å². The predicted molar refractivity (Wildman–Crippen MR) is 78.0 cm³/mol. The van der Waals surface area contributed by atoms with E-state index in [0.717, 1.165) is 37.3 Å². The molecule has 2 heterocycles. The van der Waals surface area contributed by atoms with Crippen LogP contribution in [-0.4, -0.2) is 22.6 Å². The molecular weight excluding hydrogens is 277 g/mol. The zero-order chi connectivity index (χ0) is 14.2. The molecule has 1 aliphatic heterocycles. The van der Waals surface area contributed by atoms with E-state index in [1.54, 1.807) is 12.4 Å². The molecule has 106 valence electrons. The molecule has 1 aliphatic rings. The Morgan fingerprint density at radius 1 is 1.35 bits per heavy atom. The maximum atomic E-state index is 13.2. The number of rotatable bonds is 2. The minimum absolute atomic E-state index is 0.0689. The van der Waals surface area contributed by atoms with Gasteiger partial charge in [-0.1, -0.05) is 18.5 Å². The number of halogens is 2. The number of hydrogen-bond donors (Lipinski definition) is 1. The van der Waals surface area contributed by atoms with E-state index in [4.69, 9.17) is 11.6 Å². The molecule has 0 radical (unpaired) electrons. The third-order valence-electron chi connectivity index (χ3n) is 4.13. The van der Waals surface area contributed by atoms with Crippen molar-refractivity contribution >= 4 is 11.6 Å². The van der Waals surface area contributed by atoms with E-state index in [0.29, 0.717) is 5.02 Å². The highest BCUT2D eigenvalue weighted by Crippen LogP contribution is 2.35. The summed E-state index contributed by atoms with van der Waals surface area (Å²) in [5, 5.41) is 3.78. The second kappa shape index (κ2) is 5.19. The monoisotopic (exact) mass is 293 g/mol. The molecule has 1 fully saturated rings. The maximum Gasteiger partial charge on any atom is 0.124 e. The van der Waals surface area contributed by atoms with Crippen molar-refractivity contribution in [2.75, 3.05) is 13.1 Å². The Labute approximate surface area is 122 Å². The van der Waals surface area contributed by atoms with Crippen molar-refractivity contribution < 1.29 is 4.39 Å². The number of nitrogens with zero attached hydrogens (tertiary/aromatic N) is 2. The summed E-state index contributed by atoms with van der Waals surface area (Å²) in [6.07, 6.45) is 5.75. The molecule has 20 heavy (non-hydrogen) atoms. The normalized spacial score (nSPS) is 18.1. The standard InChI is InChI=1S/C15H17ClFN3/c1-15(4-6-18-7-5-15)14-9-19-10-20(14)13-3-2-11(17)8-12(13)16/h2-3,8-10,18H,4-7H2,1H3. The summed E-state index contributed by atoms with van der Waals surface area (Å²) in [5.41, 5.74) is 1.98. The quantitative estimate of drug-likeness (QED) is 0.921. The van der Waals surface area contributed by atoms with Gasteiger partial charge < -0.3 is 9.88 Å². The average Bonchev–Trinajstić information content (AvgIpc) is 2.89. The van der Waals surface area contributed by atoms with E-state index in [2.05, 4.69) is 17.2 Å². The lowest BCUT2D eigenvalue weighted by atomic mass is 9.78. The largest absolute Gasteiger partial charge is 0.317 e. The molecular formula is C15H17ClFN3. The molecule has 0 saturated carbocycles. The highest BCUT2D eigenvalue weighted by molar-refractivity contribution is 6.32. The molecule has 1 N–H and O–H groups in total. The van der Waals surface area contributed by atoms with Crippen LogP contribution >= 0.6 is 11.6 Å². The zero-order valence-electron chi connectivity index (χ0n) is 11.4. The number of benzene rings is 1. The highest BCUT2D eigenvalue weighted by Gasteiger charge is 2.32. The van der Waals surface area contributed by atoms with Gasteiger partial charge in [0.25, 0.3) is 0 Å². The molecule has 5 heteroatoms. The smallest absolute Gasteiger partial charge is 0.124 e. The molecule has 1 aromatic carbocycles. The van der Waals surface area contributed by atoms with E-state index >= 15 is 0 Å². The van der Waals surface area contributed by atoms with Gasteiger partial charge in [-0.05, 0) is 44.1 Å². The Kier molecular flexibility index (Phi) is 3.52. The van der Waals surface area contributed by atoms with E-state index < -0.39 is 0 Å².